The average Bonchev–Trinajstić information content (AvgIpc) is 3.18. The van der Waals surface area contributed by atoms with E-state index in [0.29, 0.717) is 11.5 Å². The molecule has 0 unspecified atom stereocenters. The lowest BCUT2D eigenvalue weighted by molar-refractivity contribution is 0.326. The molecular formula is C15H13BrN4O. The largest absolute Gasteiger partial charge is 0.369 e. The zero-order valence-corrected chi connectivity index (χ0v) is 12.9. The molecule has 1 saturated heterocycles. The Kier molecular flexibility index (Phi) is 2.96. The van der Waals surface area contributed by atoms with Gasteiger partial charge in [-0.05, 0) is 31.0 Å². The predicted molar refractivity (Wildman–Crippen MR) is 80.1 cm³/mol. The second-order valence-electron chi connectivity index (χ2n) is 5.64. The van der Waals surface area contributed by atoms with Crippen molar-refractivity contribution in [3.8, 4) is 6.07 Å². The Morgan fingerprint density at radius 2 is 2.10 bits per heavy atom. The molecule has 1 aliphatic heterocycles. The first kappa shape index (κ1) is 12.8. The maximum atomic E-state index is 9.23. The highest BCUT2D eigenvalue weighted by Gasteiger charge is 2.36. The Bertz CT molecular complexity index is 726. The summed E-state index contributed by atoms with van der Waals surface area (Å²) in [7, 11) is 0. The molecule has 2 heterocycles. The van der Waals surface area contributed by atoms with Gasteiger partial charge < -0.3 is 9.42 Å². The molecule has 1 aliphatic carbocycles. The van der Waals surface area contributed by atoms with E-state index in [2.05, 4.69) is 37.0 Å². The van der Waals surface area contributed by atoms with Gasteiger partial charge in [0.15, 0.2) is 5.82 Å². The van der Waals surface area contributed by atoms with Crippen LogP contribution in [0.4, 0.5) is 5.69 Å². The summed E-state index contributed by atoms with van der Waals surface area (Å²) in [5, 5.41) is 13.3. The van der Waals surface area contributed by atoms with Gasteiger partial charge in [0, 0.05) is 23.5 Å². The van der Waals surface area contributed by atoms with Crippen molar-refractivity contribution in [3.63, 3.8) is 0 Å². The van der Waals surface area contributed by atoms with E-state index in [4.69, 9.17) is 4.52 Å². The highest BCUT2D eigenvalue weighted by Crippen LogP contribution is 2.39. The quantitative estimate of drug-likeness (QED) is 0.855. The number of anilines is 1. The van der Waals surface area contributed by atoms with Crippen LogP contribution in [0.25, 0.3) is 0 Å². The highest BCUT2D eigenvalue weighted by atomic mass is 79.9. The fourth-order valence-electron chi connectivity index (χ4n) is 2.63. The van der Waals surface area contributed by atoms with Crippen molar-refractivity contribution in [2.24, 2.45) is 0 Å². The lowest BCUT2D eigenvalue weighted by Gasteiger charge is -2.39. The molecule has 2 aromatic rings. The highest BCUT2D eigenvalue weighted by molar-refractivity contribution is 9.10. The minimum atomic E-state index is 0.278. The minimum Gasteiger partial charge on any atom is -0.369 e. The van der Waals surface area contributed by atoms with Gasteiger partial charge in [-0.2, -0.15) is 10.2 Å². The lowest BCUT2D eigenvalue weighted by Crippen LogP contribution is -2.45. The van der Waals surface area contributed by atoms with Crippen LogP contribution < -0.4 is 4.90 Å². The summed E-state index contributed by atoms with van der Waals surface area (Å²) < 4.78 is 6.29. The summed E-state index contributed by atoms with van der Waals surface area (Å²) in [6.07, 6.45) is 2.36. The van der Waals surface area contributed by atoms with E-state index in [1.807, 2.05) is 18.2 Å². The minimum absolute atomic E-state index is 0.278. The summed E-state index contributed by atoms with van der Waals surface area (Å²) in [5.74, 6) is 2.41. The van der Waals surface area contributed by atoms with Crippen LogP contribution in [0.2, 0.25) is 0 Å². The molecule has 0 bridgehead atoms. The van der Waals surface area contributed by atoms with Gasteiger partial charge in [0.1, 0.15) is 6.07 Å². The maximum Gasteiger partial charge on any atom is 0.233 e. The molecular weight excluding hydrogens is 332 g/mol. The van der Waals surface area contributed by atoms with Gasteiger partial charge in [-0.15, -0.1) is 0 Å². The monoisotopic (exact) mass is 344 g/mol. The molecule has 21 heavy (non-hydrogen) atoms. The van der Waals surface area contributed by atoms with Gasteiger partial charge in [0.05, 0.1) is 17.2 Å². The third-order valence-electron chi connectivity index (χ3n) is 4.05. The fraction of sp³-hybridized carbons (Fsp3) is 0.400. The first-order valence-electron chi connectivity index (χ1n) is 7.02. The van der Waals surface area contributed by atoms with E-state index in [1.165, 1.54) is 12.8 Å². The number of nitrogens with zero attached hydrogens (tertiary/aromatic N) is 4. The van der Waals surface area contributed by atoms with Gasteiger partial charge in [0.25, 0.3) is 0 Å². The van der Waals surface area contributed by atoms with Crippen LogP contribution in [0.5, 0.6) is 0 Å². The van der Waals surface area contributed by atoms with Crippen molar-refractivity contribution in [2.45, 2.75) is 24.7 Å². The topological polar surface area (TPSA) is 66.0 Å². The number of hydrogen-bond acceptors (Lipinski definition) is 5. The number of nitriles is 1. The maximum absolute atomic E-state index is 9.23. The summed E-state index contributed by atoms with van der Waals surface area (Å²) in [5.41, 5.74) is 1.66. The Balaban J connectivity index is 1.48. The van der Waals surface area contributed by atoms with Gasteiger partial charge in [-0.1, -0.05) is 21.1 Å². The molecule has 5 nitrogen and oxygen atoms in total. The lowest BCUT2D eigenvalue weighted by atomic mass is 9.98. The Hall–Kier alpha value is -1.87. The Morgan fingerprint density at radius 1 is 1.29 bits per heavy atom. The van der Waals surface area contributed by atoms with Crippen LogP contribution in [0.1, 0.15) is 42.0 Å². The van der Waals surface area contributed by atoms with Crippen molar-refractivity contribution in [2.75, 3.05) is 18.0 Å². The molecule has 0 amide bonds. The Labute approximate surface area is 130 Å². The van der Waals surface area contributed by atoms with Gasteiger partial charge in [-0.25, -0.2) is 0 Å². The molecule has 4 rings (SSSR count). The summed E-state index contributed by atoms with van der Waals surface area (Å²) in [6.45, 7) is 1.64. The molecule has 1 aromatic carbocycles. The predicted octanol–water partition coefficient (Wildman–Crippen LogP) is 3.18. The van der Waals surface area contributed by atoms with E-state index >= 15 is 0 Å². The van der Waals surface area contributed by atoms with E-state index in [-0.39, 0.29) is 5.92 Å². The van der Waals surface area contributed by atoms with Crippen molar-refractivity contribution in [1.29, 1.82) is 5.26 Å². The summed E-state index contributed by atoms with van der Waals surface area (Å²) in [4.78, 5) is 6.68. The average molecular weight is 345 g/mol. The number of halogens is 1. The van der Waals surface area contributed by atoms with Crippen LogP contribution in [-0.2, 0) is 0 Å². The summed E-state index contributed by atoms with van der Waals surface area (Å²) >= 11 is 3.39. The molecule has 6 heteroatoms. The SMILES string of the molecule is N#Cc1cc(Br)ccc1N1CC(c2nc(C3CC3)no2)C1. The third-order valence-corrected chi connectivity index (χ3v) is 4.54. The Morgan fingerprint density at radius 3 is 2.81 bits per heavy atom. The van der Waals surface area contributed by atoms with Crippen molar-refractivity contribution in [3.05, 3.63) is 40.0 Å². The van der Waals surface area contributed by atoms with Gasteiger partial charge in [-0.3, -0.25) is 0 Å². The van der Waals surface area contributed by atoms with Crippen LogP contribution in [0.3, 0.4) is 0 Å². The summed E-state index contributed by atoms with van der Waals surface area (Å²) in [6, 6.07) is 8.03. The van der Waals surface area contributed by atoms with Crippen LogP contribution >= 0.6 is 15.9 Å². The zero-order chi connectivity index (χ0) is 14.4. The van der Waals surface area contributed by atoms with Crippen molar-refractivity contribution >= 4 is 21.6 Å². The molecule has 0 atom stereocenters. The van der Waals surface area contributed by atoms with E-state index in [9.17, 15) is 5.26 Å². The zero-order valence-electron chi connectivity index (χ0n) is 11.3. The number of rotatable bonds is 3. The van der Waals surface area contributed by atoms with Crippen molar-refractivity contribution < 1.29 is 4.52 Å². The molecule has 106 valence electrons. The first-order chi connectivity index (χ1) is 10.2. The third kappa shape index (κ3) is 2.32. The number of hydrogen-bond donors (Lipinski definition) is 0. The molecule has 0 radical (unpaired) electrons. The van der Waals surface area contributed by atoms with Crippen LogP contribution in [-0.4, -0.2) is 23.2 Å². The van der Waals surface area contributed by atoms with Gasteiger partial charge >= 0.3 is 0 Å². The van der Waals surface area contributed by atoms with Gasteiger partial charge in [0.2, 0.25) is 5.89 Å². The first-order valence-corrected chi connectivity index (χ1v) is 7.82. The van der Waals surface area contributed by atoms with Crippen LogP contribution in [0.15, 0.2) is 27.2 Å². The normalized spacial score (nSPS) is 18.4. The molecule has 2 fully saturated rings. The molecule has 0 N–H and O–H groups in total. The molecule has 1 aromatic heterocycles. The molecule has 2 aliphatic rings. The smallest absolute Gasteiger partial charge is 0.233 e. The number of aromatic nitrogens is 2. The fourth-order valence-corrected chi connectivity index (χ4v) is 2.99. The number of benzene rings is 1. The van der Waals surface area contributed by atoms with E-state index in [1.54, 1.807) is 0 Å². The van der Waals surface area contributed by atoms with Crippen molar-refractivity contribution in [1.82, 2.24) is 10.1 Å². The van der Waals surface area contributed by atoms with E-state index < -0.39 is 0 Å². The molecule has 0 spiro atoms. The standard InChI is InChI=1S/C15H13BrN4O/c16-12-3-4-13(10(5-12)6-17)20-7-11(8-20)15-18-14(19-21-15)9-1-2-9/h3-5,9,11H,1-2,7-8H2. The van der Waals surface area contributed by atoms with E-state index in [0.717, 1.165) is 35.0 Å². The van der Waals surface area contributed by atoms with Crippen LogP contribution in [0, 0.1) is 11.3 Å². The molecule has 1 saturated carbocycles. The second-order valence-corrected chi connectivity index (χ2v) is 6.56. The second kappa shape index (κ2) is 4.85.